The van der Waals surface area contributed by atoms with Crippen molar-refractivity contribution in [1.82, 2.24) is 4.98 Å². The van der Waals surface area contributed by atoms with Crippen LogP contribution in [0.2, 0.25) is 0 Å². The van der Waals surface area contributed by atoms with Crippen LogP contribution < -0.4 is 11.1 Å². The molecule has 0 aliphatic carbocycles. The predicted octanol–water partition coefficient (Wildman–Crippen LogP) is 2.33. The Balaban J connectivity index is 0.00000180. The van der Waals surface area contributed by atoms with E-state index >= 15 is 0 Å². The normalized spacial score (nSPS) is 9.95. The highest BCUT2D eigenvalue weighted by atomic mass is 35.5. The summed E-state index contributed by atoms with van der Waals surface area (Å²) >= 11 is 0. The summed E-state index contributed by atoms with van der Waals surface area (Å²) < 4.78 is 0. The average molecular weight is 283 g/mol. The topological polar surface area (TPSA) is 94.1 Å². The van der Waals surface area contributed by atoms with Crippen molar-refractivity contribution in [3.63, 3.8) is 0 Å². The molecule has 0 saturated carbocycles. The van der Waals surface area contributed by atoms with E-state index in [1.807, 2.05) is 0 Å². The highest BCUT2D eigenvalue weighted by Crippen LogP contribution is 2.29. The summed E-state index contributed by atoms with van der Waals surface area (Å²) in [5.41, 5.74) is 6.91. The summed E-state index contributed by atoms with van der Waals surface area (Å²) in [5, 5.41) is 14.7. The van der Waals surface area contributed by atoms with E-state index in [0.717, 1.165) is 18.7 Å². The Morgan fingerprint density at radius 2 is 2.16 bits per heavy atom. The first kappa shape index (κ1) is 15.1. The lowest BCUT2D eigenvalue weighted by molar-refractivity contribution is -0.383. The van der Waals surface area contributed by atoms with Crippen LogP contribution in [-0.2, 0) is 0 Å². The van der Waals surface area contributed by atoms with Crippen molar-refractivity contribution in [3.05, 3.63) is 40.6 Å². The largest absolute Gasteiger partial charge is 0.383 e. The molecule has 0 unspecified atom stereocenters. The van der Waals surface area contributed by atoms with Gasteiger partial charge in [0.2, 0.25) is 0 Å². The average Bonchev–Trinajstić information content (AvgIpc) is 2.38. The molecule has 1 heterocycles. The maximum Gasteiger partial charge on any atom is 0.278 e. The summed E-state index contributed by atoms with van der Waals surface area (Å²) in [4.78, 5) is 14.7. The quantitative estimate of drug-likeness (QED) is 0.499. The fraction of sp³-hybridized carbons (Fsp3) is 0.250. The van der Waals surface area contributed by atoms with Gasteiger partial charge < -0.3 is 11.1 Å². The van der Waals surface area contributed by atoms with Crippen LogP contribution in [-0.4, -0.2) is 23.0 Å². The van der Waals surface area contributed by atoms with Gasteiger partial charge in [0.25, 0.3) is 5.69 Å². The number of nitrogens with one attached hydrogen (secondary N) is 1. The van der Waals surface area contributed by atoms with Crippen molar-refractivity contribution >= 4 is 34.7 Å². The molecule has 2 aromatic rings. The maximum absolute atomic E-state index is 10.9. The van der Waals surface area contributed by atoms with Crippen molar-refractivity contribution in [2.75, 3.05) is 18.4 Å². The highest BCUT2D eigenvalue weighted by Gasteiger charge is 2.14. The SMILES string of the molecule is Cl.NCCCNc1ccc([N+](=O)[O-])c2cccnc12. The van der Waals surface area contributed by atoms with Crippen LogP contribution in [0.3, 0.4) is 0 Å². The molecule has 0 fully saturated rings. The van der Waals surface area contributed by atoms with Gasteiger partial charge in [0, 0.05) is 18.8 Å². The van der Waals surface area contributed by atoms with Gasteiger partial charge in [-0.05, 0) is 31.2 Å². The number of rotatable bonds is 5. The first-order chi connectivity index (χ1) is 8.74. The van der Waals surface area contributed by atoms with Gasteiger partial charge in [-0.15, -0.1) is 12.4 Å². The van der Waals surface area contributed by atoms with E-state index in [2.05, 4.69) is 10.3 Å². The number of anilines is 1. The lowest BCUT2D eigenvalue weighted by atomic mass is 10.1. The van der Waals surface area contributed by atoms with Gasteiger partial charge in [-0.3, -0.25) is 15.1 Å². The zero-order valence-electron chi connectivity index (χ0n) is 10.2. The summed E-state index contributed by atoms with van der Waals surface area (Å²) in [7, 11) is 0. The molecular formula is C12H15ClN4O2. The van der Waals surface area contributed by atoms with Crippen LogP contribution in [0.5, 0.6) is 0 Å². The summed E-state index contributed by atoms with van der Waals surface area (Å²) in [6.07, 6.45) is 2.46. The number of halogens is 1. The third-order valence-corrected chi connectivity index (χ3v) is 2.64. The second kappa shape index (κ2) is 6.86. The van der Waals surface area contributed by atoms with Crippen molar-refractivity contribution in [2.45, 2.75) is 6.42 Å². The molecule has 1 aromatic carbocycles. The van der Waals surface area contributed by atoms with Crippen molar-refractivity contribution in [2.24, 2.45) is 5.73 Å². The zero-order chi connectivity index (χ0) is 13.0. The molecular weight excluding hydrogens is 268 g/mol. The number of aromatic nitrogens is 1. The summed E-state index contributed by atoms with van der Waals surface area (Å²) in [6, 6.07) is 6.58. The lowest BCUT2D eigenvalue weighted by Crippen LogP contribution is -2.09. The molecule has 0 aliphatic heterocycles. The zero-order valence-corrected chi connectivity index (χ0v) is 11.0. The van der Waals surface area contributed by atoms with Gasteiger partial charge in [0.15, 0.2) is 0 Å². The van der Waals surface area contributed by atoms with Gasteiger partial charge in [-0.2, -0.15) is 0 Å². The number of nitro benzene ring substituents is 1. The molecule has 0 bridgehead atoms. The number of hydrogen-bond donors (Lipinski definition) is 2. The molecule has 2 rings (SSSR count). The standard InChI is InChI=1S/C12H14N4O2.ClH/c13-6-2-8-14-10-4-5-11(16(17)18)9-3-1-7-15-12(9)10;/h1,3-5,7,14H,2,6,8,13H2;1H. The molecule has 3 N–H and O–H groups in total. The smallest absolute Gasteiger partial charge is 0.278 e. The van der Waals surface area contributed by atoms with Crippen LogP contribution in [0.1, 0.15) is 6.42 Å². The number of non-ortho nitro benzene ring substituents is 1. The number of nitrogens with two attached hydrogens (primary N) is 1. The second-order valence-electron chi connectivity index (χ2n) is 3.86. The predicted molar refractivity (Wildman–Crippen MR) is 77.8 cm³/mol. The first-order valence-electron chi connectivity index (χ1n) is 5.70. The van der Waals surface area contributed by atoms with Gasteiger partial charge in [-0.25, -0.2) is 0 Å². The molecule has 0 atom stereocenters. The highest BCUT2D eigenvalue weighted by molar-refractivity contribution is 5.96. The van der Waals surface area contributed by atoms with Gasteiger partial charge in [0.05, 0.1) is 16.0 Å². The number of pyridine rings is 1. The van der Waals surface area contributed by atoms with Crippen LogP contribution >= 0.6 is 12.4 Å². The minimum Gasteiger partial charge on any atom is -0.383 e. The van der Waals surface area contributed by atoms with E-state index in [-0.39, 0.29) is 18.1 Å². The fourth-order valence-electron chi connectivity index (χ4n) is 1.78. The van der Waals surface area contributed by atoms with Crippen LogP contribution in [0.4, 0.5) is 11.4 Å². The first-order valence-corrected chi connectivity index (χ1v) is 5.70. The van der Waals surface area contributed by atoms with E-state index in [9.17, 15) is 10.1 Å². The molecule has 0 amide bonds. The molecule has 0 spiro atoms. The maximum atomic E-state index is 10.9. The Hall–Kier alpha value is -1.92. The third kappa shape index (κ3) is 3.30. The Bertz CT molecular complexity index is 577. The van der Waals surface area contributed by atoms with E-state index in [1.165, 1.54) is 6.07 Å². The molecule has 0 aliphatic rings. The van der Waals surface area contributed by atoms with E-state index in [1.54, 1.807) is 24.4 Å². The number of nitro groups is 1. The number of nitrogens with zero attached hydrogens (tertiary/aromatic N) is 2. The molecule has 1 aromatic heterocycles. The molecule has 0 saturated heterocycles. The van der Waals surface area contributed by atoms with Crippen molar-refractivity contribution in [3.8, 4) is 0 Å². The van der Waals surface area contributed by atoms with E-state index < -0.39 is 4.92 Å². The minimum absolute atomic E-state index is 0. The van der Waals surface area contributed by atoms with Gasteiger partial charge >= 0.3 is 0 Å². The van der Waals surface area contributed by atoms with Crippen LogP contribution in [0, 0.1) is 10.1 Å². The number of hydrogen-bond acceptors (Lipinski definition) is 5. The van der Waals surface area contributed by atoms with Crippen molar-refractivity contribution < 1.29 is 4.92 Å². The summed E-state index contributed by atoms with van der Waals surface area (Å²) in [6.45, 7) is 1.32. The Kier molecular flexibility index (Phi) is 5.47. The van der Waals surface area contributed by atoms with Gasteiger partial charge in [-0.1, -0.05) is 0 Å². The van der Waals surface area contributed by atoms with Crippen molar-refractivity contribution in [1.29, 1.82) is 0 Å². The number of fused-ring (bicyclic) bond motifs is 1. The fourth-order valence-corrected chi connectivity index (χ4v) is 1.78. The van der Waals surface area contributed by atoms with Crippen LogP contribution in [0.25, 0.3) is 10.9 Å². The Morgan fingerprint density at radius 3 is 2.84 bits per heavy atom. The molecule has 19 heavy (non-hydrogen) atoms. The molecule has 0 radical (unpaired) electrons. The van der Waals surface area contributed by atoms with Crippen LogP contribution in [0.15, 0.2) is 30.5 Å². The monoisotopic (exact) mass is 282 g/mol. The van der Waals surface area contributed by atoms with E-state index in [4.69, 9.17) is 5.73 Å². The second-order valence-corrected chi connectivity index (χ2v) is 3.86. The Morgan fingerprint density at radius 1 is 1.37 bits per heavy atom. The van der Waals surface area contributed by atoms with E-state index in [0.29, 0.717) is 17.4 Å². The third-order valence-electron chi connectivity index (χ3n) is 2.64. The Labute approximate surface area is 116 Å². The molecule has 102 valence electrons. The molecule has 6 nitrogen and oxygen atoms in total. The minimum atomic E-state index is -0.395. The summed E-state index contributed by atoms with van der Waals surface area (Å²) in [5.74, 6) is 0. The van der Waals surface area contributed by atoms with Gasteiger partial charge in [0.1, 0.15) is 5.52 Å². The molecule has 7 heteroatoms. The lowest BCUT2D eigenvalue weighted by Gasteiger charge is -2.08. The number of benzene rings is 1.